The number of likely N-dealkylation sites (N-methyl/N-ethyl adjacent to an activating group) is 1. The van der Waals surface area contributed by atoms with Crippen LogP contribution in [0.3, 0.4) is 0 Å². The van der Waals surface area contributed by atoms with Crippen LogP contribution in [-0.4, -0.2) is 44.5 Å². The van der Waals surface area contributed by atoms with Crippen molar-refractivity contribution >= 4 is 24.0 Å². The first-order chi connectivity index (χ1) is 8.18. The van der Waals surface area contributed by atoms with Crippen LogP contribution in [0.4, 0.5) is 5.69 Å². The van der Waals surface area contributed by atoms with E-state index in [4.69, 9.17) is 0 Å². The molecule has 1 N–H and O–H groups in total. The molecule has 1 aromatic rings. The minimum absolute atomic E-state index is 0. The van der Waals surface area contributed by atoms with E-state index in [0.29, 0.717) is 6.54 Å². The van der Waals surface area contributed by atoms with Gasteiger partial charge in [0.05, 0.1) is 6.54 Å². The Morgan fingerprint density at radius 1 is 1.39 bits per heavy atom. The second-order valence-electron chi connectivity index (χ2n) is 4.52. The van der Waals surface area contributed by atoms with Crippen molar-refractivity contribution in [3.63, 3.8) is 0 Å². The minimum atomic E-state index is 0. The lowest BCUT2D eigenvalue weighted by molar-refractivity contribution is -0.127. The Balaban J connectivity index is 0.00000162. The number of benzene rings is 1. The van der Waals surface area contributed by atoms with E-state index in [1.807, 2.05) is 12.1 Å². The van der Waals surface area contributed by atoms with Crippen LogP contribution in [0, 0.1) is 0 Å². The van der Waals surface area contributed by atoms with Crippen molar-refractivity contribution in [2.45, 2.75) is 6.54 Å². The van der Waals surface area contributed by atoms with E-state index in [-0.39, 0.29) is 18.3 Å². The molecule has 2 rings (SSSR count). The summed E-state index contributed by atoms with van der Waals surface area (Å²) in [6.45, 7) is 3.11. The number of hydrogen-bond donors (Lipinski definition) is 1. The van der Waals surface area contributed by atoms with E-state index in [2.05, 4.69) is 22.3 Å². The summed E-state index contributed by atoms with van der Waals surface area (Å²) < 4.78 is 0. The van der Waals surface area contributed by atoms with Gasteiger partial charge in [-0.3, -0.25) is 4.79 Å². The first-order valence-electron chi connectivity index (χ1n) is 5.92. The summed E-state index contributed by atoms with van der Waals surface area (Å²) in [5.74, 6) is 0.140. The molecular weight excluding hydrogens is 250 g/mol. The van der Waals surface area contributed by atoms with Crippen LogP contribution in [0.25, 0.3) is 0 Å². The van der Waals surface area contributed by atoms with Gasteiger partial charge in [-0.2, -0.15) is 0 Å². The van der Waals surface area contributed by atoms with Gasteiger partial charge < -0.3 is 15.1 Å². The molecule has 0 aromatic heterocycles. The third-order valence-electron chi connectivity index (χ3n) is 3.03. The lowest BCUT2D eigenvalue weighted by atomic mass is 10.1. The van der Waals surface area contributed by atoms with Gasteiger partial charge in [0.2, 0.25) is 5.91 Å². The third kappa shape index (κ3) is 3.37. The smallest absolute Gasteiger partial charge is 0.241 e. The lowest BCUT2D eigenvalue weighted by Crippen LogP contribution is -2.38. The fourth-order valence-corrected chi connectivity index (χ4v) is 2.00. The van der Waals surface area contributed by atoms with Crippen LogP contribution < -0.4 is 10.2 Å². The Bertz CT molecular complexity index is 409. The zero-order valence-electron chi connectivity index (χ0n) is 10.8. The number of para-hydroxylation sites is 1. The standard InChI is InChI=1S/C13H19N3O.ClH/c1-15(2)13(17)10-16-8-7-14-9-11-5-3-4-6-12(11)16;/h3-6,14H,7-10H2,1-2H3;1H. The molecule has 0 bridgehead atoms. The highest BCUT2D eigenvalue weighted by atomic mass is 35.5. The summed E-state index contributed by atoms with van der Waals surface area (Å²) in [6, 6.07) is 8.27. The molecular formula is C13H20ClN3O. The van der Waals surface area contributed by atoms with Crippen molar-refractivity contribution in [1.29, 1.82) is 0 Å². The van der Waals surface area contributed by atoms with E-state index < -0.39 is 0 Å². The fourth-order valence-electron chi connectivity index (χ4n) is 2.00. The number of carbonyl (C=O) groups is 1. The monoisotopic (exact) mass is 269 g/mol. The number of anilines is 1. The fraction of sp³-hybridized carbons (Fsp3) is 0.462. The normalized spacial score (nSPS) is 14.2. The van der Waals surface area contributed by atoms with Crippen molar-refractivity contribution in [3.05, 3.63) is 29.8 Å². The summed E-state index contributed by atoms with van der Waals surface area (Å²) in [4.78, 5) is 15.6. The summed E-state index contributed by atoms with van der Waals surface area (Å²) in [5.41, 5.74) is 2.43. The number of rotatable bonds is 2. The highest BCUT2D eigenvalue weighted by Gasteiger charge is 2.17. The maximum absolute atomic E-state index is 11.8. The molecule has 100 valence electrons. The molecule has 18 heavy (non-hydrogen) atoms. The largest absolute Gasteiger partial charge is 0.361 e. The molecule has 1 heterocycles. The number of amides is 1. The molecule has 4 nitrogen and oxygen atoms in total. The molecule has 0 unspecified atom stereocenters. The van der Waals surface area contributed by atoms with Gasteiger partial charge in [0, 0.05) is 39.4 Å². The second kappa shape index (κ2) is 6.61. The van der Waals surface area contributed by atoms with Gasteiger partial charge in [0.1, 0.15) is 0 Å². The van der Waals surface area contributed by atoms with E-state index in [0.717, 1.165) is 19.6 Å². The number of nitrogens with zero attached hydrogens (tertiary/aromatic N) is 2. The summed E-state index contributed by atoms with van der Waals surface area (Å²) in [7, 11) is 3.59. The maximum atomic E-state index is 11.8. The van der Waals surface area contributed by atoms with E-state index in [1.165, 1.54) is 11.3 Å². The van der Waals surface area contributed by atoms with E-state index in [1.54, 1.807) is 19.0 Å². The van der Waals surface area contributed by atoms with Gasteiger partial charge >= 0.3 is 0 Å². The Labute approximate surface area is 114 Å². The van der Waals surface area contributed by atoms with Gasteiger partial charge in [-0.25, -0.2) is 0 Å². The van der Waals surface area contributed by atoms with Crippen molar-refractivity contribution in [1.82, 2.24) is 10.2 Å². The molecule has 0 saturated heterocycles. The number of carbonyl (C=O) groups excluding carboxylic acids is 1. The summed E-state index contributed by atoms with van der Waals surface area (Å²) in [6.07, 6.45) is 0. The Morgan fingerprint density at radius 3 is 2.83 bits per heavy atom. The van der Waals surface area contributed by atoms with Crippen molar-refractivity contribution in [2.75, 3.05) is 38.6 Å². The van der Waals surface area contributed by atoms with Gasteiger partial charge in [0.15, 0.2) is 0 Å². The highest BCUT2D eigenvalue weighted by Crippen LogP contribution is 2.21. The number of halogens is 1. The second-order valence-corrected chi connectivity index (χ2v) is 4.52. The third-order valence-corrected chi connectivity index (χ3v) is 3.03. The molecule has 1 aromatic carbocycles. The molecule has 5 heteroatoms. The van der Waals surface area contributed by atoms with Gasteiger partial charge in [-0.15, -0.1) is 12.4 Å². The zero-order valence-corrected chi connectivity index (χ0v) is 11.7. The van der Waals surface area contributed by atoms with Crippen LogP contribution in [0.5, 0.6) is 0 Å². The minimum Gasteiger partial charge on any atom is -0.361 e. The molecule has 1 amide bonds. The Hall–Kier alpha value is -1.26. The first kappa shape index (κ1) is 14.8. The van der Waals surface area contributed by atoms with Crippen LogP contribution in [0.2, 0.25) is 0 Å². The SMILES string of the molecule is CN(C)C(=O)CN1CCNCc2ccccc21.Cl. The average Bonchev–Trinajstić information content (AvgIpc) is 2.52. The topological polar surface area (TPSA) is 35.6 Å². The molecule has 1 aliphatic rings. The average molecular weight is 270 g/mol. The Kier molecular flexibility index (Phi) is 5.44. The van der Waals surface area contributed by atoms with Gasteiger partial charge in [0.25, 0.3) is 0 Å². The molecule has 0 radical (unpaired) electrons. The summed E-state index contributed by atoms with van der Waals surface area (Å²) in [5, 5.41) is 3.37. The predicted octanol–water partition coefficient (Wildman–Crippen LogP) is 1.11. The maximum Gasteiger partial charge on any atom is 0.241 e. The number of fused-ring (bicyclic) bond motifs is 1. The number of nitrogens with one attached hydrogen (secondary N) is 1. The van der Waals surface area contributed by atoms with Crippen molar-refractivity contribution in [2.24, 2.45) is 0 Å². The van der Waals surface area contributed by atoms with Crippen LogP contribution in [-0.2, 0) is 11.3 Å². The number of hydrogen-bond acceptors (Lipinski definition) is 3. The summed E-state index contributed by atoms with van der Waals surface area (Å²) >= 11 is 0. The van der Waals surface area contributed by atoms with Crippen LogP contribution in [0.1, 0.15) is 5.56 Å². The predicted molar refractivity (Wildman–Crippen MR) is 76.3 cm³/mol. The highest BCUT2D eigenvalue weighted by molar-refractivity contribution is 5.85. The first-order valence-corrected chi connectivity index (χ1v) is 5.92. The molecule has 0 saturated carbocycles. The van der Waals surface area contributed by atoms with Crippen molar-refractivity contribution < 1.29 is 4.79 Å². The lowest BCUT2D eigenvalue weighted by Gasteiger charge is -2.25. The van der Waals surface area contributed by atoms with Crippen LogP contribution >= 0.6 is 12.4 Å². The van der Waals surface area contributed by atoms with Gasteiger partial charge in [-0.05, 0) is 11.6 Å². The van der Waals surface area contributed by atoms with E-state index >= 15 is 0 Å². The Morgan fingerprint density at radius 2 is 2.11 bits per heavy atom. The quantitative estimate of drug-likeness (QED) is 0.874. The molecule has 0 spiro atoms. The van der Waals surface area contributed by atoms with Gasteiger partial charge in [-0.1, -0.05) is 18.2 Å². The van der Waals surface area contributed by atoms with Crippen molar-refractivity contribution in [3.8, 4) is 0 Å². The zero-order chi connectivity index (χ0) is 12.3. The van der Waals surface area contributed by atoms with E-state index in [9.17, 15) is 4.79 Å². The molecule has 1 aliphatic heterocycles. The molecule has 0 atom stereocenters. The molecule has 0 aliphatic carbocycles. The molecule has 0 fully saturated rings. The van der Waals surface area contributed by atoms with Crippen LogP contribution in [0.15, 0.2) is 24.3 Å².